The molecular formula is C21H21ClF3N5O2S. The van der Waals surface area contributed by atoms with Gasteiger partial charge in [-0.25, -0.2) is 18.2 Å². The van der Waals surface area contributed by atoms with Crippen molar-refractivity contribution >= 4 is 50.4 Å². The summed E-state index contributed by atoms with van der Waals surface area (Å²) in [6, 6.07) is 5.14. The Labute approximate surface area is 194 Å². The van der Waals surface area contributed by atoms with Crippen LogP contribution in [0.2, 0.25) is 5.02 Å². The zero-order valence-electron chi connectivity index (χ0n) is 17.6. The smallest absolute Gasteiger partial charge is 0.157 e. The van der Waals surface area contributed by atoms with Crippen molar-refractivity contribution in [1.29, 1.82) is 0 Å². The first-order valence-electron chi connectivity index (χ1n) is 9.74. The third-order valence-corrected chi connectivity index (χ3v) is 8.73. The van der Waals surface area contributed by atoms with Crippen molar-refractivity contribution in [3.8, 4) is 0 Å². The Morgan fingerprint density at radius 3 is 2.55 bits per heavy atom. The summed E-state index contributed by atoms with van der Waals surface area (Å²) >= 11 is 5.90. The number of alkyl halides is 1. The Morgan fingerprint density at radius 2 is 1.88 bits per heavy atom. The summed E-state index contributed by atoms with van der Waals surface area (Å²) in [4.78, 5) is 12.3. The van der Waals surface area contributed by atoms with Gasteiger partial charge in [0.15, 0.2) is 11.6 Å². The number of rotatable bonds is 4. The molecule has 1 atom stereocenters. The SMILES string of the molecule is CC1(C)C(N)=N[C@@](CF)(c2cc(Nc3ncc(F)c4cc(Cl)cnc34)ccc2F)CS1(O)O. The van der Waals surface area contributed by atoms with E-state index < -0.39 is 44.9 Å². The molecule has 7 nitrogen and oxygen atoms in total. The van der Waals surface area contributed by atoms with E-state index >= 15 is 0 Å². The van der Waals surface area contributed by atoms with E-state index in [1.807, 2.05) is 0 Å². The van der Waals surface area contributed by atoms with Crippen LogP contribution >= 0.6 is 22.2 Å². The van der Waals surface area contributed by atoms with E-state index in [2.05, 4.69) is 20.3 Å². The summed E-state index contributed by atoms with van der Waals surface area (Å²) in [5, 5.41) is 3.29. The fourth-order valence-corrected chi connectivity index (χ4v) is 5.47. The van der Waals surface area contributed by atoms with E-state index in [1.165, 1.54) is 38.2 Å². The molecule has 2 aromatic heterocycles. The van der Waals surface area contributed by atoms with E-state index in [9.17, 15) is 22.3 Å². The maximum Gasteiger partial charge on any atom is 0.157 e. The molecule has 176 valence electrons. The lowest BCUT2D eigenvalue weighted by Gasteiger charge is -2.53. The van der Waals surface area contributed by atoms with Crippen LogP contribution in [-0.4, -0.2) is 42.1 Å². The summed E-state index contributed by atoms with van der Waals surface area (Å²) in [5.41, 5.74) is 4.27. The molecule has 0 spiro atoms. The van der Waals surface area contributed by atoms with Crippen LogP contribution in [0.25, 0.3) is 10.9 Å². The van der Waals surface area contributed by atoms with Gasteiger partial charge in [0, 0.05) is 22.8 Å². The summed E-state index contributed by atoms with van der Waals surface area (Å²) in [5.74, 6) is -1.99. The van der Waals surface area contributed by atoms with Gasteiger partial charge in [0.1, 0.15) is 34.1 Å². The molecule has 12 heteroatoms. The zero-order chi connectivity index (χ0) is 24.2. The van der Waals surface area contributed by atoms with E-state index in [0.29, 0.717) is 0 Å². The van der Waals surface area contributed by atoms with Crippen molar-refractivity contribution in [3.05, 3.63) is 58.9 Å². The summed E-state index contributed by atoms with van der Waals surface area (Å²) in [7, 11) is -3.46. The average Bonchev–Trinajstić information content (AvgIpc) is 2.75. The second kappa shape index (κ2) is 8.01. The lowest BCUT2D eigenvalue weighted by atomic mass is 9.92. The zero-order valence-corrected chi connectivity index (χ0v) is 19.2. The molecule has 3 aromatic rings. The van der Waals surface area contributed by atoms with Gasteiger partial charge in [0.25, 0.3) is 0 Å². The number of hydrogen-bond acceptors (Lipinski definition) is 7. The van der Waals surface area contributed by atoms with Gasteiger partial charge in [-0.3, -0.25) is 19.1 Å². The van der Waals surface area contributed by atoms with Gasteiger partial charge in [0.05, 0.1) is 17.0 Å². The summed E-state index contributed by atoms with van der Waals surface area (Å²) in [6.07, 6.45) is 2.32. The third-order valence-electron chi connectivity index (χ3n) is 5.80. The first-order valence-corrected chi connectivity index (χ1v) is 11.8. The minimum atomic E-state index is -3.46. The fourth-order valence-electron chi connectivity index (χ4n) is 3.61. The number of anilines is 2. The number of nitrogens with two attached hydrogens (primary N) is 1. The highest BCUT2D eigenvalue weighted by Crippen LogP contribution is 2.59. The van der Waals surface area contributed by atoms with Crippen LogP contribution in [-0.2, 0) is 5.54 Å². The molecule has 0 saturated carbocycles. The second-order valence-corrected chi connectivity index (χ2v) is 11.4. The molecule has 0 aliphatic carbocycles. The molecule has 1 aliphatic heterocycles. The van der Waals surface area contributed by atoms with Crippen LogP contribution in [0.15, 0.2) is 41.7 Å². The number of aliphatic imine (C=N–C) groups is 1. The second-order valence-electron chi connectivity index (χ2n) is 8.31. The maximum atomic E-state index is 14.9. The first-order chi connectivity index (χ1) is 15.4. The Hall–Kier alpha value is -2.60. The van der Waals surface area contributed by atoms with Gasteiger partial charge in [-0.05, 0) is 38.1 Å². The molecular weight excluding hydrogens is 479 g/mol. The number of hydrogen-bond donors (Lipinski definition) is 4. The largest absolute Gasteiger partial charge is 0.386 e. The van der Waals surface area contributed by atoms with E-state index in [-0.39, 0.29) is 38.8 Å². The standard InChI is InChI=1S/C21H21ClF3N5O2S/c1-20(2)19(26)30-21(9-23,10-33(20,31)32)14-6-12(3-4-15(14)24)29-18-17-13(16(25)8-28-18)5-11(22)7-27-17/h3-8,31-32H,9-10H2,1-2H3,(H2,26,30)(H,28,29)/t21-/m1/s1. The van der Waals surface area contributed by atoms with E-state index in [4.69, 9.17) is 17.3 Å². The van der Waals surface area contributed by atoms with Crippen LogP contribution in [0.4, 0.5) is 24.7 Å². The van der Waals surface area contributed by atoms with Gasteiger partial charge in [-0.15, -0.1) is 0 Å². The molecule has 1 aromatic carbocycles. The molecule has 5 N–H and O–H groups in total. The summed E-state index contributed by atoms with van der Waals surface area (Å²) < 4.78 is 63.5. The monoisotopic (exact) mass is 499 g/mol. The van der Waals surface area contributed by atoms with Gasteiger partial charge >= 0.3 is 0 Å². The number of fused-ring (bicyclic) bond motifs is 1. The number of nitrogens with zero attached hydrogens (tertiary/aromatic N) is 3. The number of amidine groups is 1. The molecule has 0 bridgehead atoms. The minimum Gasteiger partial charge on any atom is -0.386 e. The van der Waals surface area contributed by atoms with Crippen molar-refractivity contribution in [2.24, 2.45) is 10.7 Å². The molecule has 0 unspecified atom stereocenters. The fraction of sp³-hybridized carbons (Fsp3) is 0.286. The van der Waals surface area contributed by atoms with Gasteiger partial charge in [-0.1, -0.05) is 11.6 Å². The highest BCUT2D eigenvalue weighted by Gasteiger charge is 2.51. The predicted molar refractivity (Wildman–Crippen MR) is 125 cm³/mol. The highest BCUT2D eigenvalue weighted by atomic mass is 35.5. The average molecular weight is 500 g/mol. The Kier molecular flexibility index (Phi) is 5.72. The van der Waals surface area contributed by atoms with Crippen molar-refractivity contribution in [1.82, 2.24) is 9.97 Å². The number of halogens is 4. The number of aromatic nitrogens is 2. The molecule has 1 aliphatic rings. The quantitative estimate of drug-likeness (QED) is 0.383. The molecule has 33 heavy (non-hydrogen) atoms. The van der Waals surface area contributed by atoms with E-state index in [1.54, 1.807) is 0 Å². The lowest BCUT2D eigenvalue weighted by molar-refractivity contribution is 0.312. The number of nitrogens with one attached hydrogen (secondary N) is 1. The van der Waals surface area contributed by atoms with Crippen molar-refractivity contribution < 1.29 is 22.3 Å². The van der Waals surface area contributed by atoms with E-state index in [0.717, 1.165) is 12.3 Å². The molecule has 0 amide bonds. The highest BCUT2D eigenvalue weighted by molar-refractivity contribution is 8.26. The van der Waals surface area contributed by atoms with Gasteiger partial charge in [-0.2, -0.15) is 10.6 Å². The molecule has 0 saturated heterocycles. The predicted octanol–water partition coefficient (Wildman–Crippen LogP) is 5.37. The van der Waals surface area contributed by atoms with Crippen LogP contribution < -0.4 is 11.1 Å². The summed E-state index contributed by atoms with van der Waals surface area (Å²) in [6.45, 7) is 1.77. The Morgan fingerprint density at radius 1 is 1.15 bits per heavy atom. The molecule has 3 heterocycles. The Bertz CT molecular complexity index is 1290. The maximum absolute atomic E-state index is 14.9. The normalized spacial score (nSPS) is 22.6. The third kappa shape index (κ3) is 3.88. The van der Waals surface area contributed by atoms with Crippen molar-refractivity contribution in [3.63, 3.8) is 0 Å². The molecule has 0 radical (unpaired) electrons. The molecule has 4 rings (SSSR count). The number of pyridine rings is 2. The van der Waals surface area contributed by atoms with Crippen LogP contribution in [0.1, 0.15) is 19.4 Å². The first kappa shape index (κ1) is 23.6. The molecule has 0 fully saturated rings. The van der Waals surface area contributed by atoms with Crippen LogP contribution in [0, 0.1) is 11.6 Å². The van der Waals surface area contributed by atoms with Crippen LogP contribution in [0.3, 0.4) is 0 Å². The minimum absolute atomic E-state index is 0.128. The topological polar surface area (TPSA) is 117 Å². The van der Waals surface area contributed by atoms with Crippen LogP contribution in [0.5, 0.6) is 0 Å². The Balaban J connectivity index is 1.81. The number of benzene rings is 1. The van der Waals surface area contributed by atoms with Gasteiger partial charge < -0.3 is 11.1 Å². The van der Waals surface area contributed by atoms with Crippen molar-refractivity contribution in [2.45, 2.75) is 24.1 Å². The lowest BCUT2D eigenvalue weighted by Crippen LogP contribution is -2.53. The van der Waals surface area contributed by atoms with Crippen molar-refractivity contribution in [2.75, 3.05) is 17.7 Å². The van der Waals surface area contributed by atoms with Gasteiger partial charge in [0.2, 0.25) is 0 Å².